The van der Waals surface area contributed by atoms with Gasteiger partial charge in [0.15, 0.2) is 0 Å². The van der Waals surface area contributed by atoms with E-state index in [9.17, 15) is 13.6 Å². The summed E-state index contributed by atoms with van der Waals surface area (Å²) in [6, 6.07) is 1.97. The smallest absolute Gasteiger partial charge is 0.312 e. The molecule has 0 saturated heterocycles. The van der Waals surface area contributed by atoms with Crippen molar-refractivity contribution in [3.8, 4) is 6.07 Å². The number of nitrogens with one attached hydrogen (secondary N) is 1. The molecule has 1 aliphatic rings. The molecule has 6 heteroatoms. The predicted molar refractivity (Wildman–Crippen MR) is 55.7 cm³/mol. The summed E-state index contributed by atoms with van der Waals surface area (Å²) in [5.41, 5.74) is 1.27. The number of hydrogen-bond acceptors (Lipinski definition) is 3. The standard InChI is InChI=1S/C10H8F2N2OS/c11-8(12)9(15)14-10-6(4-13)5-2-1-3-7(5)16-10/h8H,1-3H2,(H,14,15). The number of aryl methyl sites for hydroxylation is 1. The Morgan fingerprint density at radius 3 is 2.88 bits per heavy atom. The highest BCUT2D eigenvalue weighted by Crippen LogP contribution is 2.38. The molecule has 0 saturated carbocycles. The van der Waals surface area contributed by atoms with E-state index in [2.05, 4.69) is 5.32 Å². The Balaban J connectivity index is 2.29. The highest BCUT2D eigenvalue weighted by Gasteiger charge is 2.24. The first-order valence-electron chi connectivity index (χ1n) is 4.77. The molecule has 3 nitrogen and oxygen atoms in total. The van der Waals surface area contributed by atoms with Gasteiger partial charge in [0.2, 0.25) is 0 Å². The van der Waals surface area contributed by atoms with E-state index in [0.717, 1.165) is 29.7 Å². The Kier molecular flexibility index (Phi) is 2.88. The van der Waals surface area contributed by atoms with Gasteiger partial charge in [-0.15, -0.1) is 11.3 Å². The molecule has 1 heterocycles. The summed E-state index contributed by atoms with van der Waals surface area (Å²) in [5, 5.41) is 11.3. The van der Waals surface area contributed by atoms with Gasteiger partial charge in [-0.2, -0.15) is 14.0 Å². The number of hydrogen-bond donors (Lipinski definition) is 1. The van der Waals surface area contributed by atoms with E-state index in [0.29, 0.717) is 5.56 Å². The fourth-order valence-electron chi connectivity index (χ4n) is 1.78. The molecular weight excluding hydrogens is 234 g/mol. The zero-order valence-corrected chi connectivity index (χ0v) is 9.03. The van der Waals surface area contributed by atoms with Gasteiger partial charge in [-0.05, 0) is 24.8 Å². The van der Waals surface area contributed by atoms with Crippen molar-refractivity contribution in [3.05, 3.63) is 16.0 Å². The minimum atomic E-state index is -3.05. The van der Waals surface area contributed by atoms with E-state index in [1.807, 2.05) is 6.07 Å². The second-order valence-electron chi connectivity index (χ2n) is 3.46. The van der Waals surface area contributed by atoms with Crippen LogP contribution in [0.1, 0.15) is 22.4 Å². The van der Waals surface area contributed by atoms with Crippen LogP contribution < -0.4 is 5.32 Å². The maximum absolute atomic E-state index is 12.1. The lowest BCUT2D eigenvalue weighted by Crippen LogP contribution is -2.19. The normalized spacial score (nSPS) is 13.6. The third-order valence-electron chi connectivity index (χ3n) is 2.47. The van der Waals surface area contributed by atoms with Gasteiger partial charge in [0.1, 0.15) is 11.1 Å². The number of amides is 1. The van der Waals surface area contributed by atoms with Crippen molar-refractivity contribution in [2.75, 3.05) is 5.32 Å². The zero-order chi connectivity index (χ0) is 11.7. The Labute approximate surface area is 94.7 Å². The van der Waals surface area contributed by atoms with E-state index in [-0.39, 0.29) is 5.00 Å². The van der Waals surface area contributed by atoms with Gasteiger partial charge >= 0.3 is 6.43 Å². The van der Waals surface area contributed by atoms with E-state index in [1.54, 1.807) is 0 Å². The Bertz CT molecular complexity index is 476. The highest BCUT2D eigenvalue weighted by atomic mass is 32.1. The number of thiophene rings is 1. The average Bonchev–Trinajstić information content (AvgIpc) is 2.77. The third kappa shape index (κ3) is 1.78. The second-order valence-corrected chi connectivity index (χ2v) is 4.57. The molecular formula is C10H8F2N2OS. The molecule has 0 atom stereocenters. The summed E-state index contributed by atoms with van der Waals surface area (Å²) >= 11 is 1.23. The van der Waals surface area contributed by atoms with Crippen LogP contribution in [0.5, 0.6) is 0 Å². The summed E-state index contributed by atoms with van der Waals surface area (Å²) in [7, 11) is 0. The maximum atomic E-state index is 12.1. The molecule has 0 aromatic carbocycles. The number of carbonyl (C=O) groups excluding carboxylic acids is 1. The van der Waals surface area contributed by atoms with Crippen molar-refractivity contribution >= 4 is 22.2 Å². The average molecular weight is 242 g/mol. The molecule has 1 amide bonds. The maximum Gasteiger partial charge on any atom is 0.315 e. The lowest BCUT2D eigenvalue weighted by atomic mass is 10.1. The van der Waals surface area contributed by atoms with E-state index >= 15 is 0 Å². The minimum absolute atomic E-state index is 0.262. The van der Waals surface area contributed by atoms with Gasteiger partial charge < -0.3 is 5.32 Å². The van der Waals surface area contributed by atoms with Crippen LogP contribution in [0.15, 0.2) is 0 Å². The van der Waals surface area contributed by atoms with Crippen LogP contribution in [0, 0.1) is 11.3 Å². The summed E-state index contributed by atoms with van der Waals surface area (Å²) in [5.74, 6) is -1.35. The predicted octanol–water partition coefficient (Wildman–Crippen LogP) is 2.31. The van der Waals surface area contributed by atoms with Gasteiger partial charge in [-0.1, -0.05) is 0 Å². The minimum Gasteiger partial charge on any atom is -0.312 e. The van der Waals surface area contributed by atoms with Crippen LogP contribution in [0.2, 0.25) is 0 Å². The number of carbonyl (C=O) groups is 1. The third-order valence-corrected chi connectivity index (χ3v) is 3.68. The summed E-state index contributed by atoms with van der Waals surface area (Å²) in [6.45, 7) is 0. The largest absolute Gasteiger partial charge is 0.315 e. The number of nitriles is 1. The molecule has 1 N–H and O–H groups in total. The van der Waals surface area contributed by atoms with Gasteiger partial charge in [0.25, 0.3) is 5.91 Å². The van der Waals surface area contributed by atoms with Crippen molar-refractivity contribution in [1.82, 2.24) is 0 Å². The lowest BCUT2D eigenvalue weighted by Gasteiger charge is -2.02. The van der Waals surface area contributed by atoms with Crippen LogP contribution >= 0.6 is 11.3 Å². The van der Waals surface area contributed by atoms with Crippen molar-refractivity contribution < 1.29 is 13.6 Å². The molecule has 0 aliphatic heterocycles. The summed E-state index contributed by atoms with van der Waals surface area (Å²) < 4.78 is 24.1. The first-order chi connectivity index (χ1) is 7.63. The second kappa shape index (κ2) is 4.18. The quantitative estimate of drug-likeness (QED) is 0.865. The van der Waals surface area contributed by atoms with Crippen molar-refractivity contribution in [2.24, 2.45) is 0 Å². The SMILES string of the molecule is N#Cc1c(NC(=O)C(F)F)sc2c1CCC2. The van der Waals surface area contributed by atoms with Crippen LogP contribution in [-0.4, -0.2) is 12.3 Å². The zero-order valence-electron chi connectivity index (χ0n) is 8.22. The molecule has 0 spiro atoms. The number of alkyl halides is 2. The van der Waals surface area contributed by atoms with E-state index in [4.69, 9.17) is 5.26 Å². The number of anilines is 1. The lowest BCUT2D eigenvalue weighted by molar-refractivity contribution is -0.126. The molecule has 1 aromatic rings. The molecule has 84 valence electrons. The Morgan fingerprint density at radius 1 is 1.50 bits per heavy atom. The van der Waals surface area contributed by atoms with Crippen LogP contribution in [0.4, 0.5) is 13.8 Å². The Hall–Kier alpha value is -1.48. The first kappa shape index (κ1) is 11.0. The van der Waals surface area contributed by atoms with Gasteiger partial charge in [-0.3, -0.25) is 4.79 Å². The van der Waals surface area contributed by atoms with Gasteiger partial charge in [0.05, 0.1) is 5.56 Å². The first-order valence-corrected chi connectivity index (χ1v) is 5.58. The van der Waals surface area contributed by atoms with Crippen molar-refractivity contribution in [1.29, 1.82) is 5.26 Å². The molecule has 0 fully saturated rings. The number of nitrogens with zero attached hydrogens (tertiary/aromatic N) is 1. The fraction of sp³-hybridized carbons (Fsp3) is 0.400. The van der Waals surface area contributed by atoms with Crippen LogP contribution in [0.25, 0.3) is 0 Å². The van der Waals surface area contributed by atoms with Gasteiger partial charge in [0, 0.05) is 4.88 Å². The number of rotatable bonds is 2. The van der Waals surface area contributed by atoms with Crippen molar-refractivity contribution in [3.63, 3.8) is 0 Å². The summed E-state index contributed by atoms with van der Waals surface area (Å²) in [4.78, 5) is 11.9. The van der Waals surface area contributed by atoms with Crippen molar-refractivity contribution in [2.45, 2.75) is 25.7 Å². The number of halogens is 2. The Morgan fingerprint density at radius 2 is 2.25 bits per heavy atom. The molecule has 16 heavy (non-hydrogen) atoms. The molecule has 0 unspecified atom stereocenters. The van der Waals surface area contributed by atoms with E-state index < -0.39 is 12.3 Å². The molecule has 1 aromatic heterocycles. The highest BCUT2D eigenvalue weighted by molar-refractivity contribution is 7.16. The molecule has 1 aliphatic carbocycles. The van der Waals surface area contributed by atoms with Crippen LogP contribution in [0.3, 0.4) is 0 Å². The number of fused-ring (bicyclic) bond motifs is 1. The molecule has 2 rings (SSSR count). The monoisotopic (exact) mass is 242 g/mol. The fourth-order valence-corrected chi connectivity index (χ4v) is 3.02. The molecule has 0 bridgehead atoms. The summed E-state index contributed by atoms with van der Waals surface area (Å²) in [6.07, 6.45) is -0.416. The van der Waals surface area contributed by atoms with Gasteiger partial charge in [-0.25, -0.2) is 0 Å². The van der Waals surface area contributed by atoms with E-state index in [1.165, 1.54) is 11.3 Å². The topological polar surface area (TPSA) is 52.9 Å². The molecule has 0 radical (unpaired) electrons. The van der Waals surface area contributed by atoms with Crippen LogP contribution in [-0.2, 0) is 17.6 Å².